The molecular formula is C9H18O2. The van der Waals surface area contributed by atoms with E-state index in [4.69, 9.17) is 4.74 Å². The minimum Gasteiger partial charge on any atom is -0.387 e. The third kappa shape index (κ3) is 2.80. The van der Waals surface area contributed by atoms with Crippen LogP contribution < -0.4 is 0 Å². The van der Waals surface area contributed by atoms with Gasteiger partial charge in [-0.1, -0.05) is 13.8 Å². The van der Waals surface area contributed by atoms with Gasteiger partial charge >= 0.3 is 0 Å². The van der Waals surface area contributed by atoms with Gasteiger partial charge in [-0.15, -0.1) is 0 Å². The molecule has 0 aromatic carbocycles. The summed E-state index contributed by atoms with van der Waals surface area (Å²) in [6.45, 7) is 5.62. The van der Waals surface area contributed by atoms with E-state index in [0.29, 0.717) is 12.5 Å². The van der Waals surface area contributed by atoms with E-state index in [1.54, 1.807) is 0 Å². The topological polar surface area (TPSA) is 29.5 Å². The Kier molecular flexibility index (Phi) is 2.90. The van der Waals surface area contributed by atoms with Gasteiger partial charge in [0.25, 0.3) is 0 Å². The molecule has 1 aliphatic rings. The summed E-state index contributed by atoms with van der Waals surface area (Å²) in [5.74, 6) is 0.557. The Labute approximate surface area is 68.6 Å². The molecule has 0 spiro atoms. The molecule has 11 heavy (non-hydrogen) atoms. The zero-order valence-corrected chi connectivity index (χ0v) is 7.47. The van der Waals surface area contributed by atoms with Gasteiger partial charge in [0, 0.05) is 6.61 Å². The third-order valence-electron chi connectivity index (χ3n) is 2.09. The molecule has 1 N–H and O–H groups in total. The minimum absolute atomic E-state index is 0.521. The highest BCUT2D eigenvalue weighted by molar-refractivity contribution is 4.81. The van der Waals surface area contributed by atoms with Crippen molar-refractivity contribution in [3.63, 3.8) is 0 Å². The first-order valence-electron chi connectivity index (χ1n) is 4.42. The highest BCUT2D eigenvalue weighted by Gasteiger charge is 2.30. The molecule has 1 atom stereocenters. The molecule has 2 heteroatoms. The third-order valence-corrected chi connectivity index (χ3v) is 2.09. The molecular weight excluding hydrogens is 140 g/mol. The predicted octanol–water partition coefficient (Wildman–Crippen LogP) is 1.57. The van der Waals surface area contributed by atoms with Gasteiger partial charge in [0.2, 0.25) is 0 Å². The molecule has 66 valence electrons. The summed E-state index contributed by atoms with van der Waals surface area (Å²) in [4.78, 5) is 0. The Morgan fingerprint density at radius 2 is 2.27 bits per heavy atom. The van der Waals surface area contributed by atoms with E-state index in [1.807, 2.05) is 0 Å². The molecule has 1 aliphatic heterocycles. The normalized spacial score (nSPS) is 32.7. The Morgan fingerprint density at radius 1 is 1.55 bits per heavy atom. The minimum atomic E-state index is -0.521. The number of hydrogen-bond acceptors (Lipinski definition) is 2. The van der Waals surface area contributed by atoms with Crippen LogP contribution in [0.1, 0.15) is 33.1 Å². The van der Waals surface area contributed by atoms with Crippen LogP contribution >= 0.6 is 0 Å². The summed E-state index contributed by atoms with van der Waals surface area (Å²) in [5.41, 5.74) is -0.521. The van der Waals surface area contributed by atoms with Crippen molar-refractivity contribution in [2.75, 3.05) is 13.2 Å². The average Bonchev–Trinajstić information content (AvgIpc) is 1.85. The predicted molar refractivity (Wildman–Crippen MR) is 44.5 cm³/mol. The van der Waals surface area contributed by atoms with Gasteiger partial charge in [-0.25, -0.2) is 0 Å². The second-order valence-corrected chi connectivity index (χ2v) is 3.98. The highest BCUT2D eigenvalue weighted by atomic mass is 16.5. The summed E-state index contributed by atoms with van der Waals surface area (Å²) in [6.07, 6.45) is 2.78. The van der Waals surface area contributed by atoms with E-state index in [0.717, 1.165) is 25.9 Å². The molecule has 0 aromatic rings. The van der Waals surface area contributed by atoms with Crippen LogP contribution in [-0.2, 0) is 4.74 Å². The SMILES string of the molecule is CC(C)C[C@@]1(O)CCCOC1. The first kappa shape index (κ1) is 9.01. The monoisotopic (exact) mass is 158 g/mol. The Hall–Kier alpha value is -0.0800. The van der Waals surface area contributed by atoms with Crippen LogP contribution in [0.25, 0.3) is 0 Å². The van der Waals surface area contributed by atoms with E-state index in [-0.39, 0.29) is 0 Å². The van der Waals surface area contributed by atoms with E-state index in [1.165, 1.54) is 0 Å². The maximum Gasteiger partial charge on any atom is 0.0883 e. The van der Waals surface area contributed by atoms with Gasteiger partial charge in [0.05, 0.1) is 12.2 Å². The van der Waals surface area contributed by atoms with Crippen molar-refractivity contribution in [3.05, 3.63) is 0 Å². The lowest BCUT2D eigenvalue weighted by atomic mass is 9.88. The molecule has 0 aliphatic carbocycles. The summed E-state index contributed by atoms with van der Waals surface area (Å²) in [5, 5.41) is 9.92. The molecule has 2 nitrogen and oxygen atoms in total. The van der Waals surface area contributed by atoms with Crippen LogP contribution in [0.2, 0.25) is 0 Å². The molecule has 0 bridgehead atoms. The maximum atomic E-state index is 9.92. The van der Waals surface area contributed by atoms with E-state index in [2.05, 4.69) is 13.8 Å². The molecule has 0 saturated carbocycles. The molecule has 1 heterocycles. The van der Waals surface area contributed by atoms with Crippen molar-refractivity contribution in [2.45, 2.75) is 38.7 Å². The standard InChI is InChI=1S/C9H18O2/c1-8(2)6-9(10)4-3-5-11-7-9/h8,10H,3-7H2,1-2H3/t9-/m0/s1. The molecule has 0 radical (unpaired) electrons. The van der Waals surface area contributed by atoms with Crippen molar-refractivity contribution in [2.24, 2.45) is 5.92 Å². The van der Waals surface area contributed by atoms with Gasteiger partial charge in [-0.2, -0.15) is 0 Å². The first-order chi connectivity index (χ1) is 5.12. The first-order valence-corrected chi connectivity index (χ1v) is 4.42. The lowest BCUT2D eigenvalue weighted by Crippen LogP contribution is -2.39. The van der Waals surface area contributed by atoms with Gasteiger partial charge in [0.15, 0.2) is 0 Å². The maximum absolute atomic E-state index is 9.92. The van der Waals surface area contributed by atoms with Crippen molar-refractivity contribution >= 4 is 0 Å². The Balaban J connectivity index is 2.37. The zero-order valence-electron chi connectivity index (χ0n) is 7.47. The smallest absolute Gasteiger partial charge is 0.0883 e. The molecule has 1 saturated heterocycles. The fraction of sp³-hybridized carbons (Fsp3) is 1.00. The van der Waals surface area contributed by atoms with Gasteiger partial charge in [0.1, 0.15) is 0 Å². The van der Waals surface area contributed by atoms with E-state index >= 15 is 0 Å². The number of aliphatic hydroxyl groups is 1. The summed E-state index contributed by atoms with van der Waals surface area (Å²) in [6, 6.07) is 0. The lowest BCUT2D eigenvalue weighted by molar-refractivity contribution is -0.0954. The van der Waals surface area contributed by atoms with Crippen LogP contribution in [-0.4, -0.2) is 23.9 Å². The Morgan fingerprint density at radius 3 is 2.73 bits per heavy atom. The number of hydrogen-bond donors (Lipinski definition) is 1. The van der Waals surface area contributed by atoms with E-state index in [9.17, 15) is 5.11 Å². The van der Waals surface area contributed by atoms with Gasteiger partial charge in [-0.05, 0) is 25.2 Å². The van der Waals surface area contributed by atoms with Gasteiger partial charge in [-0.3, -0.25) is 0 Å². The van der Waals surface area contributed by atoms with Crippen molar-refractivity contribution in [3.8, 4) is 0 Å². The van der Waals surface area contributed by atoms with Crippen LogP contribution in [0.3, 0.4) is 0 Å². The van der Waals surface area contributed by atoms with Crippen LogP contribution in [0.5, 0.6) is 0 Å². The molecule has 1 fully saturated rings. The number of rotatable bonds is 2. The second kappa shape index (κ2) is 3.55. The largest absolute Gasteiger partial charge is 0.387 e. The Bertz CT molecular complexity index is 115. The quantitative estimate of drug-likeness (QED) is 0.661. The molecule has 1 rings (SSSR count). The summed E-state index contributed by atoms with van der Waals surface area (Å²) in [7, 11) is 0. The molecule has 0 amide bonds. The van der Waals surface area contributed by atoms with Crippen LogP contribution in [0.15, 0.2) is 0 Å². The summed E-state index contributed by atoms with van der Waals surface area (Å²) < 4.78 is 5.24. The van der Waals surface area contributed by atoms with Crippen molar-refractivity contribution in [1.29, 1.82) is 0 Å². The zero-order chi connectivity index (χ0) is 8.32. The lowest BCUT2D eigenvalue weighted by Gasteiger charge is -2.33. The highest BCUT2D eigenvalue weighted by Crippen LogP contribution is 2.25. The van der Waals surface area contributed by atoms with Gasteiger partial charge < -0.3 is 9.84 Å². The van der Waals surface area contributed by atoms with Crippen LogP contribution in [0.4, 0.5) is 0 Å². The van der Waals surface area contributed by atoms with Crippen molar-refractivity contribution in [1.82, 2.24) is 0 Å². The fourth-order valence-electron chi connectivity index (χ4n) is 1.76. The number of ether oxygens (including phenoxy) is 1. The molecule has 0 aromatic heterocycles. The fourth-order valence-corrected chi connectivity index (χ4v) is 1.76. The second-order valence-electron chi connectivity index (χ2n) is 3.98. The summed E-state index contributed by atoms with van der Waals surface area (Å²) >= 11 is 0. The van der Waals surface area contributed by atoms with Crippen molar-refractivity contribution < 1.29 is 9.84 Å². The van der Waals surface area contributed by atoms with E-state index < -0.39 is 5.60 Å². The molecule has 0 unspecified atom stereocenters. The average molecular weight is 158 g/mol. The van der Waals surface area contributed by atoms with Crippen LogP contribution in [0, 0.1) is 5.92 Å².